The Bertz CT molecular complexity index is 265. The number of halogens is 12. The average Bonchev–Trinajstić information content (AvgIpc) is 1.88. The van der Waals surface area contributed by atoms with Crippen LogP contribution >= 0.6 is 16.1 Å². The quantitative estimate of drug-likeness (QED) is 0.441. The molecule has 0 saturated carbocycles. The molecule has 0 fully saturated rings. The molecule has 0 aliphatic carbocycles. The zero-order valence-corrected chi connectivity index (χ0v) is 10.7. The molecule has 0 radical (unpaired) electrons. The van der Waals surface area contributed by atoms with E-state index in [0.717, 1.165) is 0 Å². The Balaban J connectivity index is 5.81. The van der Waals surface area contributed by atoms with Gasteiger partial charge in [0.15, 0.2) is 16.1 Å². The van der Waals surface area contributed by atoms with Gasteiger partial charge in [-0.3, -0.25) is 0 Å². The second kappa shape index (κ2) is 5.64. The van der Waals surface area contributed by atoms with E-state index in [2.05, 4.69) is 0 Å². The summed E-state index contributed by atoms with van der Waals surface area (Å²) >= 11 is 0. The minimum Gasteiger partial charge on any atom is -0.233 e. The van der Waals surface area contributed by atoms with Crippen molar-refractivity contribution < 1.29 is 52.7 Å². The zero-order chi connectivity index (χ0) is 16.7. The maximum atomic E-state index is 12.1. The summed E-state index contributed by atoms with van der Waals surface area (Å²) in [6.07, 6.45) is 0. The predicted molar refractivity (Wildman–Crippen MR) is 45.8 cm³/mol. The number of alkyl halides is 12. The Hall–Kier alpha value is -0.0200. The molecule has 0 rings (SSSR count). The van der Waals surface area contributed by atoms with Crippen LogP contribution in [0.3, 0.4) is 0 Å². The first-order valence-electron chi connectivity index (χ1n) is 4.01. The van der Waals surface area contributed by atoms with Crippen molar-refractivity contribution in [3.8, 4) is 0 Å². The lowest BCUT2D eigenvalue weighted by atomic mass is 11.5. The second-order valence-corrected chi connectivity index (χ2v) is 7.78. The Morgan fingerprint density at radius 2 is 0.650 bits per heavy atom. The maximum absolute atomic E-state index is 12.1. The van der Waals surface area contributed by atoms with E-state index in [4.69, 9.17) is 0 Å². The van der Waals surface area contributed by atoms with E-state index in [-0.39, 0.29) is 0 Å². The van der Waals surface area contributed by atoms with E-state index < -0.39 is 51.3 Å². The Morgan fingerprint density at radius 3 is 0.750 bits per heavy atom. The zero-order valence-electron chi connectivity index (χ0n) is 8.88. The van der Waals surface area contributed by atoms with Crippen LogP contribution in [0.2, 0.25) is 0 Å². The van der Waals surface area contributed by atoms with Gasteiger partial charge in [-0.25, -0.2) is 4.44 Å². The van der Waals surface area contributed by atoms with Crippen molar-refractivity contribution in [1.29, 1.82) is 0 Å². The molecule has 0 atom stereocenters. The van der Waals surface area contributed by atoms with Crippen molar-refractivity contribution >= 4 is 16.1 Å². The molecule has 122 valence electrons. The van der Waals surface area contributed by atoms with Gasteiger partial charge in [0.1, 0.15) is 0 Å². The first-order valence-corrected chi connectivity index (χ1v) is 6.60. The summed E-state index contributed by atoms with van der Waals surface area (Å²) < 4.78 is 144. The topological polar surface area (TPSA) is 3.24 Å². The van der Waals surface area contributed by atoms with E-state index in [1.54, 1.807) is 0 Å². The minimum absolute atomic E-state index is 0.487. The van der Waals surface area contributed by atoms with Crippen molar-refractivity contribution in [2.45, 2.75) is 23.7 Å². The molecule has 0 spiro atoms. The molecule has 0 N–H and O–H groups in total. The molecular formula is C5H3F12NP2. The Labute approximate surface area is 105 Å². The molecule has 0 aliphatic heterocycles. The van der Waals surface area contributed by atoms with Gasteiger partial charge in [0.25, 0.3) is 0 Å². The second-order valence-electron chi connectivity index (χ2n) is 2.98. The van der Waals surface area contributed by atoms with Crippen LogP contribution in [-0.2, 0) is 0 Å². The van der Waals surface area contributed by atoms with Gasteiger partial charge < -0.3 is 0 Å². The van der Waals surface area contributed by atoms with Crippen LogP contribution in [0.5, 0.6) is 0 Å². The highest BCUT2D eigenvalue weighted by Gasteiger charge is 2.68. The summed E-state index contributed by atoms with van der Waals surface area (Å²) in [5, 5.41) is 0. The van der Waals surface area contributed by atoms with Crippen LogP contribution in [0.4, 0.5) is 52.7 Å². The van der Waals surface area contributed by atoms with Crippen LogP contribution in [0, 0.1) is 0 Å². The summed E-state index contributed by atoms with van der Waals surface area (Å²) in [7, 11) is -11.8. The van der Waals surface area contributed by atoms with Gasteiger partial charge >= 0.3 is 23.7 Å². The molecule has 0 heterocycles. The smallest absolute Gasteiger partial charge is 0.233 e. The Kier molecular flexibility index (Phi) is 5.64. The van der Waals surface area contributed by atoms with Crippen LogP contribution in [0.1, 0.15) is 0 Å². The highest BCUT2D eigenvalue weighted by atomic mass is 31.2. The van der Waals surface area contributed by atoms with Crippen LogP contribution in [0.15, 0.2) is 0 Å². The standard InChI is InChI=1S/C5H3F12NP2/c1-18(19(2(6,7)8)3(9,10)11)20(4(12,13)14)5(15,16)17/h1H3. The molecule has 20 heavy (non-hydrogen) atoms. The first-order chi connectivity index (χ1) is 8.40. The lowest BCUT2D eigenvalue weighted by Gasteiger charge is -2.37. The van der Waals surface area contributed by atoms with Gasteiger partial charge in [0.05, 0.1) is 0 Å². The summed E-state index contributed by atoms with van der Waals surface area (Å²) in [6.45, 7) is 0. The van der Waals surface area contributed by atoms with E-state index >= 15 is 0 Å². The molecule has 0 aromatic heterocycles. The van der Waals surface area contributed by atoms with E-state index in [0.29, 0.717) is 0 Å². The third-order valence-corrected chi connectivity index (χ3v) is 5.69. The molecule has 0 unspecified atom stereocenters. The van der Waals surface area contributed by atoms with Gasteiger partial charge in [-0.2, -0.15) is 52.7 Å². The SMILES string of the molecule is CN(P(C(F)(F)F)C(F)(F)F)P(C(F)(F)F)C(F)(F)F. The molecule has 0 saturated heterocycles. The fourth-order valence-electron chi connectivity index (χ4n) is 1.03. The molecule has 0 aromatic carbocycles. The van der Waals surface area contributed by atoms with Crippen molar-refractivity contribution in [3.05, 3.63) is 0 Å². The molecule has 0 amide bonds. The third kappa shape index (κ3) is 5.07. The van der Waals surface area contributed by atoms with Crippen molar-refractivity contribution in [2.75, 3.05) is 7.05 Å². The third-order valence-electron chi connectivity index (χ3n) is 1.54. The predicted octanol–water partition coefficient (Wildman–Crippen LogP) is 5.79. The molecule has 1 nitrogen and oxygen atoms in total. The molecule has 15 heteroatoms. The molecular weight excluding hydrogens is 364 g/mol. The number of hydrogen-bond donors (Lipinski definition) is 0. The lowest BCUT2D eigenvalue weighted by molar-refractivity contribution is -0.0959. The van der Waals surface area contributed by atoms with Crippen LogP contribution in [-0.4, -0.2) is 35.2 Å². The number of rotatable bonds is 2. The summed E-state index contributed by atoms with van der Waals surface area (Å²) in [5.41, 5.74) is 0. The largest absolute Gasteiger partial charge is 0.428 e. The van der Waals surface area contributed by atoms with Crippen molar-refractivity contribution in [1.82, 2.24) is 4.44 Å². The molecule has 0 bridgehead atoms. The van der Waals surface area contributed by atoms with Gasteiger partial charge in [0, 0.05) is 0 Å². The van der Waals surface area contributed by atoms with E-state index in [9.17, 15) is 52.7 Å². The monoisotopic (exact) mass is 367 g/mol. The summed E-state index contributed by atoms with van der Waals surface area (Å²) in [5.74, 6) is -25.1. The van der Waals surface area contributed by atoms with E-state index in [1.165, 1.54) is 0 Å². The van der Waals surface area contributed by atoms with Crippen LogP contribution < -0.4 is 0 Å². The number of nitrogens with zero attached hydrogens (tertiary/aromatic N) is 1. The van der Waals surface area contributed by atoms with Crippen molar-refractivity contribution in [2.24, 2.45) is 0 Å². The van der Waals surface area contributed by atoms with Gasteiger partial charge in [0.2, 0.25) is 0 Å². The minimum atomic E-state index is -6.28. The molecule has 0 aromatic rings. The summed E-state index contributed by atoms with van der Waals surface area (Å²) in [4.78, 5) is 0. The number of hydrogen-bond acceptors (Lipinski definition) is 1. The van der Waals surface area contributed by atoms with E-state index in [1.807, 2.05) is 0 Å². The van der Waals surface area contributed by atoms with Gasteiger partial charge in [-0.05, 0) is 7.05 Å². The van der Waals surface area contributed by atoms with Crippen molar-refractivity contribution in [3.63, 3.8) is 0 Å². The lowest BCUT2D eigenvalue weighted by Crippen LogP contribution is -2.34. The normalized spacial score (nSPS) is 15.6. The fraction of sp³-hybridized carbons (Fsp3) is 1.00. The maximum Gasteiger partial charge on any atom is 0.428 e. The Morgan fingerprint density at radius 1 is 0.500 bits per heavy atom. The van der Waals surface area contributed by atoms with Gasteiger partial charge in [-0.1, -0.05) is 0 Å². The summed E-state index contributed by atoms with van der Waals surface area (Å²) in [6, 6.07) is 0. The van der Waals surface area contributed by atoms with Gasteiger partial charge in [-0.15, -0.1) is 0 Å². The highest BCUT2D eigenvalue weighted by molar-refractivity contribution is 7.72. The average molecular weight is 367 g/mol. The highest BCUT2D eigenvalue weighted by Crippen LogP contribution is 2.78. The fourth-order valence-corrected chi connectivity index (χ4v) is 4.85. The first kappa shape index (κ1) is 20.0. The van der Waals surface area contributed by atoms with Crippen LogP contribution in [0.25, 0.3) is 0 Å². The molecule has 0 aliphatic rings.